The molecule has 1 rings (SSSR count). The van der Waals surface area contributed by atoms with Crippen LogP contribution < -0.4 is 21.3 Å². The van der Waals surface area contributed by atoms with Crippen molar-refractivity contribution in [1.82, 2.24) is 21.3 Å². The molecule has 0 atom stereocenters. The second-order valence-corrected chi connectivity index (χ2v) is 5.35. The molecule has 1 fully saturated rings. The molecular formula is C15H30IN5O2. The van der Waals surface area contributed by atoms with E-state index in [1.807, 2.05) is 13.8 Å². The number of carbonyl (C=O) groups is 2. The molecule has 0 heterocycles. The summed E-state index contributed by atoms with van der Waals surface area (Å²) in [4.78, 5) is 27.3. The van der Waals surface area contributed by atoms with Crippen molar-refractivity contribution in [2.75, 3.05) is 32.7 Å². The smallest absolute Gasteiger partial charge is 0.223 e. The van der Waals surface area contributed by atoms with Crippen molar-refractivity contribution in [2.45, 2.75) is 39.5 Å². The van der Waals surface area contributed by atoms with E-state index < -0.39 is 0 Å². The SMILES string of the molecule is CCCNC(=O)CCN=C(NCC)NCCNC(=O)C1CC1.I. The maximum atomic E-state index is 11.5. The molecule has 134 valence electrons. The highest BCUT2D eigenvalue weighted by Gasteiger charge is 2.28. The fourth-order valence-electron chi connectivity index (χ4n) is 1.82. The minimum absolute atomic E-state index is 0. The van der Waals surface area contributed by atoms with Crippen LogP contribution in [0.1, 0.15) is 39.5 Å². The normalized spacial score (nSPS) is 13.7. The van der Waals surface area contributed by atoms with E-state index in [2.05, 4.69) is 26.3 Å². The molecule has 0 bridgehead atoms. The number of nitrogens with zero attached hydrogens (tertiary/aromatic N) is 1. The lowest BCUT2D eigenvalue weighted by Gasteiger charge is -2.11. The fraction of sp³-hybridized carbons (Fsp3) is 0.800. The summed E-state index contributed by atoms with van der Waals surface area (Å²) in [6, 6.07) is 0. The number of hydrogen-bond acceptors (Lipinski definition) is 3. The van der Waals surface area contributed by atoms with Gasteiger partial charge in [-0.25, -0.2) is 0 Å². The summed E-state index contributed by atoms with van der Waals surface area (Å²) in [6.45, 7) is 7.11. The van der Waals surface area contributed by atoms with Crippen LogP contribution in [0.3, 0.4) is 0 Å². The van der Waals surface area contributed by atoms with Crippen LogP contribution >= 0.6 is 24.0 Å². The van der Waals surface area contributed by atoms with Crippen molar-refractivity contribution in [2.24, 2.45) is 10.9 Å². The molecule has 1 aliphatic carbocycles. The predicted molar refractivity (Wildman–Crippen MR) is 103 cm³/mol. The van der Waals surface area contributed by atoms with Gasteiger partial charge < -0.3 is 21.3 Å². The van der Waals surface area contributed by atoms with Gasteiger partial charge >= 0.3 is 0 Å². The lowest BCUT2D eigenvalue weighted by atomic mass is 10.4. The Kier molecular flexibility index (Phi) is 12.8. The first kappa shape index (κ1) is 21.9. The molecule has 1 aliphatic rings. The standard InChI is InChI=1S/C15H29N5O2.HI/c1-3-8-17-13(21)7-9-19-15(16-4-2)20-11-10-18-14(22)12-5-6-12;/h12H,3-11H2,1-2H3,(H,17,21)(H,18,22)(H2,16,19,20);1H. The molecule has 0 spiro atoms. The molecule has 1 saturated carbocycles. The van der Waals surface area contributed by atoms with E-state index >= 15 is 0 Å². The van der Waals surface area contributed by atoms with Crippen molar-refractivity contribution in [1.29, 1.82) is 0 Å². The first-order chi connectivity index (χ1) is 10.7. The Morgan fingerprint density at radius 1 is 1.00 bits per heavy atom. The summed E-state index contributed by atoms with van der Waals surface area (Å²) in [6.07, 6.45) is 3.35. The molecule has 0 aliphatic heterocycles. The molecular weight excluding hydrogens is 409 g/mol. The average molecular weight is 439 g/mol. The van der Waals surface area contributed by atoms with Gasteiger partial charge in [0.2, 0.25) is 11.8 Å². The second kappa shape index (κ2) is 13.4. The molecule has 0 saturated heterocycles. The summed E-state index contributed by atoms with van der Waals surface area (Å²) in [7, 11) is 0. The van der Waals surface area contributed by atoms with Crippen molar-refractivity contribution >= 4 is 41.8 Å². The van der Waals surface area contributed by atoms with Gasteiger partial charge in [-0.15, -0.1) is 24.0 Å². The zero-order valence-corrected chi connectivity index (χ0v) is 16.4. The Hall–Kier alpha value is -1.06. The fourth-order valence-corrected chi connectivity index (χ4v) is 1.82. The highest BCUT2D eigenvalue weighted by molar-refractivity contribution is 14.0. The summed E-state index contributed by atoms with van der Waals surface area (Å²) in [5, 5.41) is 12.0. The van der Waals surface area contributed by atoms with Gasteiger partial charge in [0, 0.05) is 38.5 Å². The minimum atomic E-state index is 0. The summed E-state index contributed by atoms with van der Waals surface area (Å²) >= 11 is 0. The summed E-state index contributed by atoms with van der Waals surface area (Å²) < 4.78 is 0. The third-order valence-corrected chi connectivity index (χ3v) is 3.19. The Labute approximate surface area is 155 Å². The number of rotatable bonds is 10. The van der Waals surface area contributed by atoms with Gasteiger partial charge in [-0.2, -0.15) is 0 Å². The van der Waals surface area contributed by atoms with Crippen LogP contribution in [0.15, 0.2) is 4.99 Å². The Bertz CT molecular complexity index is 386. The van der Waals surface area contributed by atoms with E-state index in [1.165, 1.54) is 0 Å². The monoisotopic (exact) mass is 439 g/mol. The number of hydrogen-bond donors (Lipinski definition) is 4. The molecule has 7 nitrogen and oxygen atoms in total. The number of nitrogens with one attached hydrogen (secondary N) is 4. The van der Waals surface area contributed by atoms with Crippen LogP contribution in [0.25, 0.3) is 0 Å². The van der Waals surface area contributed by atoms with Crippen LogP contribution in [0.4, 0.5) is 0 Å². The van der Waals surface area contributed by atoms with Crippen molar-refractivity contribution < 1.29 is 9.59 Å². The average Bonchev–Trinajstić information content (AvgIpc) is 3.34. The first-order valence-corrected chi connectivity index (χ1v) is 8.24. The highest BCUT2D eigenvalue weighted by Crippen LogP contribution is 2.28. The van der Waals surface area contributed by atoms with Crippen molar-refractivity contribution in [3.8, 4) is 0 Å². The molecule has 23 heavy (non-hydrogen) atoms. The van der Waals surface area contributed by atoms with Crippen molar-refractivity contribution in [3.63, 3.8) is 0 Å². The molecule has 0 aromatic heterocycles. The zero-order valence-electron chi connectivity index (χ0n) is 14.1. The largest absolute Gasteiger partial charge is 0.357 e. The zero-order chi connectivity index (χ0) is 16.2. The predicted octanol–water partition coefficient (Wildman–Crippen LogP) is 0.602. The van der Waals surface area contributed by atoms with E-state index in [1.54, 1.807) is 0 Å². The van der Waals surface area contributed by atoms with E-state index in [9.17, 15) is 9.59 Å². The number of aliphatic imine (C=N–C) groups is 1. The van der Waals surface area contributed by atoms with Gasteiger partial charge in [0.25, 0.3) is 0 Å². The van der Waals surface area contributed by atoms with Crippen LogP contribution in [-0.2, 0) is 9.59 Å². The number of carbonyl (C=O) groups excluding carboxylic acids is 2. The van der Waals surface area contributed by atoms with Gasteiger partial charge in [-0.05, 0) is 26.2 Å². The van der Waals surface area contributed by atoms with Gasteiger partial charge in [0.05, 0.1) is 6.54 Å². The molecule has 2 amide bonds. The third-order valence-electron chi connectivity index (χ3n) is 3.19. The molecule has 8 heteroatoms. The molecule has 0 radical (unpaired) electrons. The molecule has 0 aromatic carbocycles. The maximum absolute atomic E-state index is 11.5. The summed E-state index contributed by atoms with van der Waals surface area (Å²) in [5.41, 5.74) is 0. The summed E-state index contributed by atoms with van der Waals surface area (Å²) in [5.74, 6) is 1.09. The number of guanidine groups is 1. The van der Waals surface area contributed by atoms with Crippen LogP contribution in [0, 0.1) is 5.92 Å². The van der Waals surface area contributed by atoms with Crippen molar-refractivity contribution in [3.05, 3.63) is 0 Å². The quantitative estimate of drug-likeness (QED) is 0.174. The Balaban J connectivity index is 0.00000484. The first-order valence-electron chi connectivity index (χ1n) is 8.24. The van der Waals surface area contributed by atoms with Crippen LogP contribution in [0.5, 0.6) is 0 Å². The minimum Gasteiger partial charge on any atom is -0.357 e. The Morgan fingerprint density at radius 2 is 1.70 bits per heavy atom. The van der Waals surface area contributed by atoms with Gasteiger partial charge in [0.1, 0.15) is 0 Å². The highest BCUT2D eigenvalue weighted by atomic mass is 127. The maximum Gasteiger partial charge on any atom is 0.223 e. The lowest BCUT2D eigenvalue weighted by Crippen LogP contribution is -2.42. The van der Waals surface area contributed by atoms with Crippen LogP contribution in [-0.4, -0.2) is 50.5 Å². The van der Waals surface area contributed by atoms with Gasteiger partial charge in [-0.3, -0.25) is 14.6 Å². The number of halogens is 1. The molecule has 0 unspecified atom stereocenters. The molecule has 4 N–H and O–H groups in total. The van der Waals surface area contributed by atoms with Gasteiger partial charge in [-0.1, -0.05) is 6.92 Å². The third kappa shape index (κ3) is 11.2. The van der Waals surface area contributed by atoms with Gasteiger partial charge in [0.15, 0.2) is 5.96 Å². The Morgan fingerprint density at radius 3 is 2.30 bits per heavy atom. The van der Waals surface area contributed by atoms with E-state index in [0.29, 0.717) is 38.6 Å². The lowest BCUT2D eigenvalue weighted by molar-refractivity contribution is -0.122. The molecule has 0 aromatic rings. The number of amides is 2. The van der Waals surface area contributed by atoms with E-state index in [4.69, 9.17) is 0 Å². The second-order valence-electron chi connectivity index (χ2n) is 5.35. The van der Waals surface area contributed by atoms with E-state index in [-0.39, 0.29) is 41.7 Å². The van der Waals surface area contributed by atoms with Crippen LogP contribution in [0.2, 0.25) is 0 Å². The topological polar surface area (TPSA) is 94.6 Å². The van der Waals surface area contributed by atoms with E-state index in [0.717, 1.165) is 25.8 Å².